The monoisotopic (exact) mass is 1520 g/mol. The molecule has 10 heterocycles. The molecule has 2 aliphatic carbocycles. The van der Waals surface area contributed by atoms with Crippen molar-refractivity contribution in [3.05, 3.63) is 348 Å². The molecule has 8 aromatic heterocycles. The zero-order chi connectivity index (χ0) is 72.6. The summed E-state index contributed by atoms with van der Waals surface area (Å²) in [6.07, 6.45) is 19.6. The standard InChI is InChI=1S/C50H33N9.C32H23N7.C10H7I/c1-56-43-18-6-8-20-45(43)57(46-21-9-7-19-44(46)56)34-28-37(47-30-39-49(53-26-24-51-39)58(47)41-22-10-14-32-12-2-4-16-35(32)41)55-38(29-34)48-31-40-50(54-27-25-52-40)59(48)42-23-11-15-33-13-3-5-17-36(33)42;1-38-29-6-2-4-8-31(29)39(32-9-5-3-7-30(32)38)22-18-23(20-14-25-26(15-20)34-11-10-33-25)37-24(19-22)21-16-27-28(17-21)36-13-12-35-27;11-10-7-3-5-8-4-1-2-6-9(8)10/h2-31H,1H3;2-14,16,18-19H,15,17H2,1H3;1-7H. The predicted molar refractivity (Wildman–Crippen MR) is 449 cm³/mol. The third kappa shape index (κ3) is 11.4. The van der Waals surface area contributed by atoms with Crippen LogP contribution in [0.3, 0.4) is 0 Å². The number of hydrogen-bond donors (Lipinski definition) is 0. The topological polar surface area (TPSA) is 152 Å². The third-order valence-corrected chi connectivity index (χ3v) is 21.8. The maximum atomic E-state index is 5.63. The molecule has 0 saturated heterocycles. The molecule has 0 unspecified atom stereocenters. The van der Waals surface area contributed by atoms with E-state index in [1.165, 1.54) is 14.3 Å². The number of halogens is 1. The Balaban J connectivity index is 0.000000133. The van der Waals surface area contributed by atoms with Gasteiger partial charge < -0.3 is 19.6 Å². The average molecular weight is 1520 g/mol. The van der Waals surface area contributed by atoms with Crippen molar-refractivity contribution in [1.29, 1.82) is 0 Å². The second-order valence-electron chi connectivity index (χ2n) is 27.1. The SMILES string of the molecule is CN1c2ccccc2N(c2cc(-c3cc4nccnc4n3-c3cccc4ccccc34)nc(-c3cc4nccnc4n3-c3cccc4ccccc34)c2)c2ccccc21.CN1c2ccccc2N(c2cc(C3=Cc4nccnc4C3)nc(C3=Cc4nccnc4C3)c2)c2ccccc21.Ic1cccc2ccccc12. The summed E-state index contributed by atoms with van der Waals surface area (Å²) in [6.45, 7) is 0. The van der Waals surface area contributed by atoms with Gasteiger partial charge in [-0.3, -0.25) is 39.0 Å². The molecule has 17 heteroatoms. The van der Waals surface area contributed by atoms with E-state index in [4.69, 9.17) is 29.9 Å². The molecular weight excluding hydrogens is 1460 g/mol. The quantitative estimate of drug-likeness (QED) is 0.133. The molecule has 4 aliphatic rings. The zero-order valence-corrected chi connectivity index (χ0v) is 61.2. The first-order valence-electron chi connectivity index (χ1n) is 36.0. The summed E-state index contributed by atoms with van der Waals surface area (Å²) in [4.78, 5) is 57.7. The Hall–Kier alpha value is -13.9. The number of anilines is 10. The molecule has 2 aliphatic heterocycles. The lowest BCUT2D eigenvalue weighted by molar-refractivity contribution is 1.06. The van der Waals surface area contributed by atoms with Gasteiger partial charge in [-0.25, -0.2) is 19.9 Å². The van der Waals surface area contributed by atoms with E-state index in [1.54, 1.807) is 49.6 Å². The second kappa shape index (κ2) is 26.9. The van der Waals surface area contributed by atoms with Gasteiger partial charge in [0.15, 0.2) is 11.3 Å². The molecule has 22 rings (SSSR count). The smallest absolute Gasteiger partial charge is 0.163 e. The Morgan fingerprint density at radius 2 is 0.615 bits per heavy atom. The van der Waals surface area contributed by atoms with Crippen LogP contribution in [0.5, 0.6) is 0 Å². The van der Waals surface area contributed by atoms with Crippen LogP contribution >= 0.6 is 22.6 Å². The van der Waals surface area contributed by atoms with Crippen molar-refractivity contribution in [2.24, 2.45) is 0 Å². The van der Waals surface area contributed by atoms with Crippen LogP contribution in [0.4, 0.5) is 56.9 Å². The summed E-state index contributed by atoms with van der Waals surface area (Å²) in [7, 11) is 4.25. The molecule has 16 nitrogen and oxygen atoms in total. The van der Waals surface area contributed by atoms with E-state index in [2.05, 4.69) is 358 Å². The Labute approximate surface area is 640 Å². The highest BCUT2D eigenvalue weighted by molar-refractivity contribution is 14.1. The molecule has 0 N–H and O–H groups in total. The first-order valence-corrected chi connectivity index (χ1v) is 37.1. The number of allylic oxidation sites excluding steroid dienone is 2. The van der Waals surface area contributed by atoms with Gasteiger partial charge in [0, 0.05) is 90.9 Å². The summed E-state index contributed by atoms with van der Waals surface area (Å²) in [5.74, 6) is 0. The molecule has 0 radical (unpaired) electrons. The van der Waals surface area contributed by atoms with Crippen LogP contribution in [0.2, 0.25) is 0 Å². The van der Waals surface area contributed by atoms with Crippen LogP contribution in [0.1, 0.15) is 34.2 Å². The van der Waals surface area contributed by atoms with E-state index >= 15 is 0 Å². The number of nitrogens with zero attached hydrogens (tertiary/aromatic N) is 16. The maximum Gasteiger partial charge on any atom is 0.163 e. The van der Waals surface area contributed by atoms with Gasteiger partial charge in [0.2, 0.25) is 0 Å². The average Bonchev–Trinajstić information content (AvgIpc) is 1.40. The van der Waals surface area contributed by atoms with E-state index in [0.717, 1.165) is 180 Å². The Morgan fingerprint density at radius 1 is 0.294 bits per heavy atom. The molecule has 18 aromatic rings. The lowest BCUT2D eigenvalue weighted by Gasteiger charge is -2.38. The second-order valence-corrected chi connectivity index (χ2v) is 28.3. The van der Waals surface area contributed by atoms with Gasteiger partial charge in [0.05, 0.1) is 125 Å². The molecule has 0 amide bonds. The highest BCUT2D eigenvalue weighted by Gasteiger charge is 2.33. The Kier molecular flexibility index (Phi) is 16.0. The largest absolute Gasteiger partial charge is 0.341 e. The third-order valence-electron chi connectivity index (χ3n) is 20.8. The van der Waals surface area contributed by atoms with Crippen molar-refractivity contribution < 1.29 is 0 Å². The van der Waals surface area contributed by atoms with Crippen molar-refractivity contribution >= 4 is 157 Å². The Bertz CT molecular complexity index is 6390. The van der Waals surface area contributed by atoms with Crippen LogP contribution in [0, 0.1) is 3.57 Å². The summed E-state index contributed by atoms with van der Waals surface area (Å²) in [6, 6.07) is 91.6. The van der Waals surface area contributed by atoms with Crippen molar-refractivity contribution in [2.45, 2.75) is 12.8 Å². The first-order chi connectivity index (χ1) is 53.8. The number of para-hydroxylation sites is 8. The van der Waals surface area contributed by atoms with Gasteiger partial charge in [-0.1, -0.05) is 158 Å². The fraction of sp³-hybridized carbons (Fsp3) is 0.0435. The highest BCUT2D eigenvalue weighted by Crippen LogP contribution is 2.54. The van der Waals surface area contributed by atoms with Crippen LogP contribution in [-0.2, 0) is 12.8 Å². The number of aromatic nitrogens is 12. The van der Waals surface area contributed by atoms with Crippen LogP contribution in [0.15, 0.2) is 310 Å². The zero-order valence-electron chi connectivity index (χ0n) is 59.0. The lowest BCUT2D eigenvalue weighted by Crippen LogP contribution is -2.24. The maximum absolute atomic E-state index is 5.63. The fourth-order valence-corrected chi connectivity index (χ4v) is 16.5. The molecule has 0 bridgehead atoms. The van der Waals surface area contributed by atoms with Gasteiger partial charge in [-0.05, 0) is 171 Å². The molecule has 0 saturated carbocycles. The van der Waals surface area contributed by atoms with E-state index in [9.17, 15) is 0 Å². The van der Waals surface area contributed by atoms with E-state index in [-0.39, 0.29) is 0 Å². The molecule has 0 fully saturated rings. The molecule has 0 spiro atoms. The fourth-order valence-electron chi connectivity index (χ4n) is 15.8. The molecule has 518 valence electrons. The normalized spacial score (nSPS) is 13.1. The number of fused-ring (bicyclic) bond motifs is 11. The molecule has 10 aromatic carbocycles. The van der Waals surface area contributed by atoms with Gasteiger partial charge in [-0.15, -0.1) is 0 Å². The van der Waals surface area contributed by atoms with Crippen LogP contribution in [0.25, 0.3) is 112 Å². The predicted octanol–water partition coefficient (Wildman–Crippen LogP) is 21.6. The minimum absolute atomic E-state index is 0.706. The van der Waals surface area contributed by atoms with Gasteiger partial charge in [-0.2, -0.15) is 0 Å². The van der Waals surface area contributed by atoms with Crippen LogP contribution < -0.4 is 19.6 Å². The van der Waals surface area contributed by atoms with Crippen molar-refractivity contribution in [2.75, 3.05) is 33.7 Å². The highest BCUT2D eigenvalue weighted by atomic mass is 127. The Morgan fingerprint density at radius 3 is 1.04 bits per heavy atom. The number of hydrogen-bond acceptors (Lipinski definition) is 14. The minimum atomic E-state index is 0.706. The number of rotatable bonds is 8. The van der Waals surface area contributed by atoms with E-state index in [0.29, 0.717) is 12.8 Å². The van der Waals surface area contributed by atoms with Crippen molar-refractivity contribution in [3.63, 3.8) is 0 Å². The first kappa shape index (κ1) is 64.7. The van der Waals surface area contributed by atoms with Gasteiger partial charge in [0.25, 0.3) is 0 Å². The number of pyridine rings is 2. The van der Waals surface area contributed by atoms with Gasteiger partial charge in [0.1, 0.15) is 11.0 Å². The molecular formula is C92H63IN16. The summed E-state index contributed by atoms with van der Waals surface area (Å²) >= 11 is 2.36. The summed E-state index contributed by atoms with van der Waals surface area (Å²) in [5.41, 5.74) is 27.0. The van der Waals surface area contributed by atoms with Gasteiger partial charge >= 0.3 is 0 Å². The number of benzene rings is 10. The van der Waals surface area contributed by atoms with E-state index < -0.39 is 0 Å². The summed E-state index contributed by atoms with van der Waals surface area (Å²) in [5, 5.41) is 7.13. The lowest BCUT2D eigenvalue weighted by atomic mass is 10.0. The van der Waals surface area contributed by atoms with E-state index in [1.807, 2.05) is 0 Å². The molecule has 0 atom stereocenters. The molecule has 109 heavy (non-hydrogen) atoms. The summed E-state index contributed by atoms with van der Waals surface area (Å²) < 4.78 is 5.73. The minimum Gasteiger partial charge on any atom is -0.341 e. The van der Waals surface area contributed by atoms with Crippen molar-refractivity contribution in [3.8, 4) is 34.2 Å². The van der Waals surface area contributed by atoms with Crippen LogP contribution in [-0.4, -0.2) is 73.1 Å². The van der Waals surface area contributed by atoms with Crippen molar-refractivity contribution in [1.82, 2.24) is 59.0 Å².